The minimum Gasteiger partial charge on any atom is -0.507 e. The molecule has 0 fully saturated rings. The molecule has 3 nitrogen and oxygen atoms in total. The van der Waals surface area contributed by atoms with Gasteiger partial charge in [-0.1, -0.05) is 17.3 Å². The first-order chi connectivity index (χ1) is 6.68. The highest BCUT2D eigenvalue weighted by Crippen LogP contribution is 2.28. The average molecular weight is 188 g/mol. The van der Waals surface area contributed by atoms with Crippen LogP contribution < -0.4 is 0 Å². The van der Waals surface area contributed by atoms with Crippen molar-refractivity contribution in [2.24, 2.45) is 0 Å². The monoisotopic (exact) mass is 188 g/mol. The van der Waals surface area contributed by atoms with Crippen LogP contribution in [0.5, 0.6) is 5.75 Å². The first kappa shape index (κ1) is 8.81. The van der Waals surface area contributed by atoms with Crippen LogP contribution in [0.2, 0.25) is 0 Å². The number of nitrogens with zero attached hydrogens (tertiary/aromatic N) is 1. The normalized spacial score (nSPS) is 10.4. The van der Waals surface area contributed by atoms with E-state index in [2.05, 4.69) is 11.2 Å². The Morgan fingerprint density at radius 2 is 2.14 bits per heavy atom. The molecule has 0 aliphatic heterocycles. The number of aromatic hydroxyl groups is 1. The van der Waals surface area contributed by atoms with Crippen molar-refractivity contribution in [3.63, 3.8) is 0 Å². The van der Waals surface area contributed by atoms with Crippen LogP contribution in [-0.4, -0.2) is 10.3 Å². The number of phenolic OH excluding ortho intramolecular Hbond substituents is 1. The molecular formula is C11H10NO2. The summed E-state index contributed by atoms with van der Waals surface area (Å²) < 4.78 is 5.04. The highest BCUT2D eigenvalue weighted by atomic mass is 16.5. The summed E-state index contributed by atoms with van der Waals surface area (Å²) in [5.74, 6) is 0.867. The van der Waals surface area contributed by atoms with E-state index in [-0.39, 0.29) is 5.75 Å². The molecule has 0 aliphatic carbocycles. The lowest BCUT2D eigenvalue weighted by atomic mass is 10.0. The van der Waals surface area contributed by atoms with Crippen LogP contribution in [0, 0.1) is 19.9 Å². The van der Waals surface area contributed by atoms with Gasteiger partial charge in [-0.15, -0.1) is 0 Å². The van der Waals surface area contributed by atoms with Crippen molar-refractivity contribution in [3.05, 3.63) is 35.7 Å². The fourth-order valence-electron chi connectivity index (χ4n) is 1.47. The maximum absolute atomic E-state index is 9.29. The molecule has 1 radical (unpaired) electrons. The van der Waals surface area contributed by atoms with Crippen LogP contribution in [0.4, 0.5) is 0 Å². The molecule has 1 aromatic heterocycles. The van der Waals surface area contributed by atoms with Crippen LogP contribution in [0.25, 0.3) is 11.1 Å². The Kier molecular flexibility index (Phi) is 2.00. The van der Waals surface area contributed by atoms with Crippen LogP contribution >= 0.6 is 0 Å². The molecule has 0 bridgehead atoms. The minimum atomic E-state index is 0.127. The molecule has 3 heteroatoms. The number of aryl methyl sites for hydroxylation is 2. The third kappa shape index (κ3) is 1.37. The molecule has 0 saturated carbocycles. The Hall–Kier alpha value is -1.77. The van der Waals surface area contributed by atoms with Gasteiger partial charge in [0.25, 0.3) is 0 Å². The van der Waals surface area contributed by atoms with Crippen LogP contribution in [-0.2, 0) is 0 Å². The summed E-state index contributed by atoms with van der Waals surface area (Å²) in [5, 5.41) is 13.1. The summed E-state index contributed by atoms with van der Waals surface area (Å²) >= 11 is 0. The Morgan fingerprint density at radius 1 is 1.36 bits per heavy atom. The maximum Gasteiger partial charge on any atom is 0.141 e. The maximum atomic E-state index is 9.29. The highest BCUT2D eigenvalue weighted by Gasteiger charge is 2.11. The lowest BCUT2D eigenvalue weighted by Gasteiger charge is -1.99. The zero-order valence-electron chi connectivity index (χ0n) is 8.03. The second-order valence-corrected chi connectivity index (χ2v) is 3.15. The number of hydrogen-bond donors (Lipinski definition) is 1. The summed E-state index contributed by atoms with van der Waals surface area (Å²) in [6.45, 7) is 3.71. The highest BCUT2D eigenvalue weighted by molar-refractivity contribution is 5.67. The van der Waals surface area contributed by atoms with Crippen molar-refractivity contribution in [3.8, 4) is 16.9 Å². The van der Waals surface area contributed by atoms with Gasteiger partial charge in [-0.05, 0) is 25.5 Å². The van der Waals surface area contributed by atoms with Crippen molar-refractivity contribution < 1.29 is 9.63 Å². The molecule has 0 saturated heterocycles. The van der Waals surface area contributed by atoms with E-state index in [9.17, 15) is 5.11 Å². The molecule has 2 rings (SSSR count). The zero-order chi connectivity index (χ0) is 10.1. The fourth-order valence-corrected chi connectivity index (χ4v) is 1.47. The number of benzene rings is 1. The average Bonchev–Trinajstić information content (AvgIpc) is 2.46. The van der Waals surface area contributed by atoms with E-state index < -0.39 is 0 Å². The third-order valence-electron chi connectivity index (χ3n) is 2.08. The van der Waals surface area contributed by atoms with E-state index in [0.717, 1.165) is 22.6 Å². The van der Waals surface area contributed by atoms with Crippen molar-refractivity contribution >= 4 is 0 Å². The van der Waals surface area contributed by atoms with E-state index in [4.69, 9.17) is 4.52 Å². The predicted molar refractivity (Wildman–Crippen MR) is 51.9 cm³/mol. The Labute approximate surface area is 82.0 Å². The van der Waals surface area contributed by atoms with Gasteiger partial charge in [0.15, 0.2) is 0 Å². The van der Waals surface area contributed by atoms with Gasteiger partial charge in [0.1, 0.15) is 11.5 Å². The number of phenols is 1. The molecule has 0 spiro atoms. The van der Waals surface area contributed by atoms with Crippen LogP contribution in [0.15, 0.2) is 22.7 Å². The van der Waals surface area contributed by atoms with E-state index in [1.807, 2.05) is 19.9 Å². The summed E-state index contributed by atoms with van der Waals surface area (Å²) in [5.41, 5.74) is 2.52. The van der Waals surface area contributed by atoms with Crippen LogP contribution in [0.1, 0.15) is 11.5 Å². The number of aromatic nitrogens is 1. The first-order valence-electron chi connectivity index (χ1n) is 4.33. The lowest BCUT2D eigenvalue weighted by Crippen LogP contribution is -1.81. The molecule has 0 atom stereocenters. The molecule has 0 amide bonds. The van der Waals surface area contributed by atoms with Crippen molar-refractivity contribution in [1.82, 2.24) is 5.16 Å². The standard InChI is InChI=1S/C11H10NO2/c1-7-11(8(2)14-12-7)9-4-3-5-10(13)6-9/h3-5,13H,1-2H3. The lowest BCUT2D eigenvalue weighted by molar-refractivity contribution is 0.393. The molecule has 14 heavy (non-hydrogen) atoms. The van der Waals surface area contributed by atoms with Crippen molar-refractivity contribution in [2.75, 3.05) is 0 Å². The van der Waals surface area contributed by atoms with Gasteiger partial charge in [-0.25, -0.2) is 0 Å². The largest absolute Gasteiger partial charge is 0.507 e. The molecular weight excluding hydrogens is 178 g/mol. The minimum absolute atomic E-state index is 0.127. The van der Waals surface area contributed by atoms with Gasteiger partial charge in [-0.3, -0.25) is 0 Å². The van der Waals surface area contributed by atoms with Crippen LogP contribution in [0.3, 0.4) is 0 Å². The molecule has 1 heterocycles. The SMILES string of the molecule is Cc1noc(C)c1-c1[c]c(O)ccc1. The Bertz CT molecular complexity index is 441. The van der Waals surface area contributed by atoms with E-state index in [1.54, 1.807) is 12.1 Å². The summed E-state index contributed by atoms with van der Waals surface area (Å²) in [6.07, 6.45) is 0. The van der Waals surface area contributed by atoms with E-state index >= 15 is 0 Å². The van der Waals surface area contributed by atoms with Gasteiger partial charge in [-0.2, -0.15) is 0 Å². The van der Waals surface area contributed by atoms with Gasteiger partial charge >= 0.3 is 0 Å². The van der Waals surface area contributed by atoms with Crippen molar-refractivity contribution in [1.29, 1.82) is 0 Å². The van der Waals surface area contributed by atoms with Gasteiger partial charge in [0.05, 0.1) is 5.69 Å². The Balaban J connectivity index is 2.59. The second kappa shape index (κ2) is 3.18. The molecule has 1 N–H and O–H groups in total. The topological polar surface area (TPSA) is 46.3 Å². The molecule has 0 aliphatic rings. The molecule has 2 aromatic rings. The first-order valence-corrected chi connectivity index (χ1v) is 4.33. The van der Waals surface area contributed by atoms with E-state index in [1.165, 1.54) is 0 Å². The molecule has 71 valence electrons. The molecule has 1 aromatic carbocycles. The number of hydrogen-bond acceptors (Lipinski definition) is 3. The fraction of sp³-hybridized carbons (Fsp3) is 0.182. The van der Waals surface area contributed by atoms with E-state index in [0.29, 0.717) is 0 Å². The smallest absolute Gasteiger partial charge is 0.141 e. The summed E-state index contributed by atoms with van der Waals surface area (Å²) in [4.78, 5) is 0. The number of rotatable bonds is 1. The third-order valence-corrected chi connectivity index (χ3v) is 2.08. The van der Waals surface area contributed by atoms with Gasteiger partial charge in [0, 0.05) is 11.6 Å². The summed E-state index contributed by atoms with van der Waals surface area (Å²) in [6, 6.07) is 8.07. The second-order valence-electron chi connectivity index (χ2n) is 3.15. The Morgan fingerprint density at radius 3 is 2.71 bits per heavy atom. The van der Waals surface area contributed by atoms with Gasteiger partial charge < -0.3 is 9.63 Å². The summed E-state index contributed by atoms with van der Waals surface area (Å²) in [7, 11) is 0. The zero-order valence-corrected chi connectivity index (χ0v) is 8.03. The van der Waals surface area contributed by atoms with Gasteiger partial charge in [0.2, 0.25) is 0 Å². The predicted octanol–water partition coefficient (Wildman–Crippen LogP) is 2.46. The van der Waals surface area contributed by atoms with Crippen molar-refractivity contribution in [2.45, 2.75) is 13.8 Å². The molecule has 0 unspecified atom stereocenters. The quantitative estimate of drug-likeness (QED) is 0.747.